The Balaban J connectivity index is 1.90. The third-order valence-electron chi connectivity index (χ3n) is 3.89. The summed E-state index contributed by atoms with van der Waals surface area (Å²) < 4.78 is 1.97. The zero-order chi connectivity index (χ0) is 14.8. The first kappa shape index (κ1) is 13.6. The number of amides is 2. The second-order valence-corrected chi connectivity index (χ2v) is 5.12. The van der Waals surface area contributed by atoms with Crippen molar-refractivity contribution in [2.45, 2.75) is 13.3 Å². The van der Waals surface area contributed by atoms with Gasteiger partial charge < -0.3 is 14.2 Å². The molecule has 0 unspecified atom stereocenters. The van der Waals surface area contributed by atoms with Gasteiger partial charge >= 0.3 is 0 Å². The standard InChI is InChI=1S/C15H18N4O2/c1-2-13-16-14(12-5-3-4-6-19(12)13)15(21)18-9-7-17(11-20)8-10-18/h3-6,11H,2,7-10H2,1H3. The number of hydrogen-bond acceptors (Lipinski definition) is 3. The fraction of sp³-hybridized carbons (Fsp3) is 0.400. The number of aryl methyl sites for hydroxylation is 1. The van der Waals surface area contributed by atoms with E-state index in [0.29, 0.717) is 31.9 Å². The van der Waals surface area contributed by atoms with Crippen LogP contribution in [0.2, 0.25) is 0 Å². The van der Waals surface area contributed by atoms with E-state index in [2.05, 4.69) is 4.98 Å². The summed E-state index contributed by atoms with van der Waals surface area (Å²) in [5, 5.41) is 0. The van der Waals surface area contributed by atoms with Crippen LogP contribution in [0.3, 0.4) is 0 Å². The normalized spacial score (nSPS) is 15.5. The van der Waals surface area contributed by atoms with Crippen LogP contribution in [0.25, 0.3) is 5.52 Å². The van der Waals surface area contributed by atoms with Gasteiger partial charge in [-0.15, -0.1) is 0 Å². The van der Waals surface area contributed by atoms with Crippen molar-refractivity contribution in [3.8, 4) is 0 Å². The highest BCUT2D eigenvalue weighted by molar-refractivity contribution is 5.99. The van der Waals surface area contributed by atoms with Crippen LogP contribution in [0.15, 0.2) is 24.4 Å². The molecular weight excluding hydrogens is 268 g/mol. The number of nitrogens with zero attached hydrogens (tertiary/aromatic N) is 4. The van der Waals surface area contributed by atoms with Gasteiger partial charge in [0, 0.05) is 38.8 Å². The summed E-state index contributed by atoms with van der Waals surface area (Å²) >= 11 is 0. The van der Waals surface area contributed by atoms with Crippen LogP contribution in [0.5, 0.6) is 0 Å². The fourth-order valence-electron chi connectivity index (χ4n) is 2.69. The quantitative estimate of drug-likeness (QED) is 0.785. The molecular formula is C15H18N4O2. The maximum atomic E-state index is 12.7. The maximum Gasteiger partial charge on any atom is 0.274 e. The number of pyridine rings is 1. The van der Waals surface area contributed by atoms with Crippen LogP contribution in [-0.4, -0.2) is 57.7 Å². The number of hydrogen-bond donors (Lipinski definition) is 0. The van der Waals surface area contributed by atoms with E-state index in [1.165, 1.54) is 0 Å². The van der Waals surface area contributed by atoms with Crippen molar-refractivity contribution in [1.29, 1.82) is 0 Å². The Hall–Kier alpha value is -2.37. The van der Waals surface area contributed by atoms with E-state index in [1.807, 2.05) is 35.7 Å². The number of carbonyl (C=O) groups is 2. The lowest BCUT2D eigenvalue weighted by atomic mass is 10.2. The largest absolute Gasteiger partial charge is 0.342 e. The van der Waals surface area contributed by atoms with Gasteiger partial charge in [-0.25, -0.2) is 4.98 Å². The van der Waals surface area contributed by atoms with E-state index in [9.17, 15) is 9.59 Å². The topological polar surface area (TPSA) is 57.9 Å². The van der Waals surface area contributed by atoms with E-state index in [0.717, 1.165) is 24.2 Å². The summed E-state index contributed by atoms with van der Waals surface area (Å²) in [4.78, 5) is 31.4. The van der Waals surface area contributed by atoms with E-state index in [4.69, 9.17) is 0 Å². The van der Waals surface area contributed by atoms with E-state index >= 15 is 0 Å². The molecule has 0 N–H and O–H groups in total. The number of aromatic nitrogens is 2. The summed E-state index contributed by atoms with van der Waals surface area (Å²) in [6.07, 6.45) is 3.54. The van der Waals surface area contributed by atoms with Crippen LogP contribution >= 0.6 is 0 Å². The minimum absolute atomic E-state index is 0.0519. The van der Waals surface area contributed by atoms with Gasteiger partial charge in [-0.2, -0.15) is 0 Å². The van der Waals surface area contributed by atoms with Crippen molar-refractivity contribution in [1.82, 2.24) is 19.2 Å². The summed E-state index contributed by atoms with van der Waals surface area (Å²) in [7, 11) is 0. The summed E-state index contributed by atoms with van der Waals surface area (Å²) in [6.45, 7) is 4.32. The Morgan fingerprint density at radius 2 is 2.05 bits per heavy atom. The zero-order valence-corrected chi connectivity index (χ0v) is 12.0. The predicted molar refractivity (Wildman–Crippen MR) is 78.1 cm³/mol. The van der Waals surface area contributed by atoms with Crippen molar-refractivity contribution >= 4 is 17.8 Å². The predicted octanol–water partition coefficient (Wildman–Crippen LogP) is 0.811. The minimum Gasteiger partial charge on any atom is -0.342 e. The lowest BCUT2D eigenvalue weighted by Gasteiger charge is -2.32. The number of carbonyl (C=O) groups excluding carboxylic acids is 2. The molecule has 110 valence electrons. The first-order chi connectivity index (χ1) is 10.2. The summed E-state index contributed by atoms with van der Waals surface area (Å²) in [5.74, 6) is 0.837. The highest BCUT2D eigenvalue weighted by Crippen LogP contribution is 2.16. The van der Waals surface area contributed by atoms with Crippen molar-refractivity contribution in [3.63, 3.8) is 0 Å². The molecule has 2 aromatic heterocycles. The highest BCUT2D eigenvalue weighted by atomic mass is 16.2. The fourth-order valence-corrected chi connectivity index (χ4v) is 2.69. The molecule has 0 bridgehead atoms. The summed E-state index contributed by atoms with van der Waals surface area (Å²) in [6, 6.07) is 5.77. The van der Waals surface area contributed by atoms with Crippen LogP contribution in [-0.2, 0) is 11.2 Å². The SMILES string of the molecule is CCc1nc(C(=O)N2CCN(C=O)CC2)c2ccccn12. The zero-order valence-electron chi connectivity index (χ0n) is 12.0. The Labute approximate surface area is 123 Å². The van der Waals surface area contributed by atoms with Crippen LogP contribution in [0, 0.1) is 0 Å². The Bertz CT molecular complexity index is 671. The van der Waals surface area contributed by atoms with Gasteiger partial charge in [0.2, 0.25) is 6.41 Å². The molecule has 2 aromatic rings. The van der Waals surface area contributed by atoms with Crippen molar-refractivity contribution in [2.75, 3.05) is 26.2 Å². The van der Waals surface area contributed by atoms with Crippen molar-refractivity contribution < 1.29 is 9.59 Å². The molecule has 21 heavy (non-hydrogen) atoms. The van der Waals surface area contributed by atoms with E-state index in [1.54, 1.807) is 9.80 Å². The minimum atomic E-state index is -0.0519. The molecule has 3 heterocycles. The number of piperazine rings is 1. The molecule has 0 spiro atoms. The molecule has 0 saturated carbocycles. The smallest absolute Gasteiger partial charge is 0.274 e. The van der Waals surface area contributed by atoms with Gasteiger partial charge in [0.1, 0.15) is 5.82 Å². The summed E-state index contributed by atoms with van der Waals surface area (Å²) in [5.41, 5.74) is 1.35. The third kappa shape index (κ3) is 2.37. The average molecular weight is 286 g/mol. The molecule has 6 heteroatoms. The average Bonchev–Trinajstić information content (AvgIpc) is 2.93. The van der Waals surface area contributed by atoms with Crippen molar-refractivity contribution in [3.05, 3.63) is 35.9 Å². The first-order valence-electron chi connectivity index (χ1n) is 7.19. The van der Waals surface area contributed by atoms with Gasteiger partial charge in [0.25, 0.3) is 5.91 Å². The maximum absolute atomic E-state index is 12.7. The first-order valence-corrected chi connectivity index (χ1v) is 7.19. The molecule has 1 aliphatic heterocycles. The van der Waals surface area contributed by atoms with Gasteiger partial charge in [0.15, 0.2) is 5.69 Å². The third-order valence-corrected chi connectivity index (χ3v) is 3.89. The molecule has 1 fully saturated rings. The van der Waals surface area contributed by atoms with Crippen LogP contribution in [0.4, 0.5) is 0 Å². The Morgan fingerprint density at radius 1 is 1.29 bits per heavy atom. The molecule has 6 nitrogen and oxygen atoms in total. The number of rotatable bonds is 3. The molecule has 0 aromatic carbocycles. The van der Waals surface area contributed by atoms with Crippen molar-refractivity contribution in [2.24, 2.45) is 0 Å². The second-order valence-electron chi connectivity index (χ2n) is 5.12. The van der Waals surface area contributed by atoms with Crippen LogP contribution in [0.1, 0.15) is 23.2 Å². The van der Waals surface area contributed by atoms with Gasteiger partial charge in [-0.1, -0.05) is 13.0 Å². The molecule has 0 aliphatic carbocycles. The lowest BCUT2D eigenvalue weighted by molar-refractivity contribution is -0.119. The monoisotopic (exact) mass is 286 g/mol. The molecule has 0 atom stereocenters. The van der Waals surface area contributed by atoms with Gasteiger partial charge in [-0.3, -0.25) is 9.59 Å². The second kappa shape index (κ2) is 5.55. The van der Waals surface area contributed by atoms with E-state index in [-0.39, 0.29) is 5.91 Å². The van der Waals surface area contributed by atoms with Crippen LogP contribution < -0.4 is 0 Å². The molecule has 0 radical (unpaired) electrons. The Morgan fingerprint density at radius 3 is 2.71 bits per heavy atom. The van der Waals surface area contributed by atoms with E-state index < -0.39 is 0 Å². The number of fused-ring (bicyclic) bond motifs is 1. The van der Waals surface area contributed by atoms with Gasteiger partial charge in [0.05, 0.1) is 5.52 Å². The molecule has 3 rings (SSSR count). The Kier molecular flexibility index (Phi) is 3.60. The molecule has 1 saturated heterocycles. The lowest BCUT2D eigenvalue weighted by Crippen LogP contribution is -2.48. The molecule has 2 amide bonds. The number of imidazole rings is 1. The van der Waals surface area contributed by atoms with Gasteiger partial charge in [-0.05, 0) is 12.1 Å². The highest BCUT2D eigenvalue weighted by Gasteiger charge is 2.25. The molecule has 1 aliphatic rings.